The van der Waals surface area contributed by atoms with Gasteiger partial charge in [0.25, 0.3) is 0 Å². The molecule has 0 aromatic carbocycles. The first-order chi connectivity index (χ1) is 9.73. The molecule has 0 heteroatoms. The van der Waals surface area contributed by atoms with Gasteiger partial charge >= 0.3 is 0 Å². The maximum absolute atomic E-state index is 2.59. The topological polar surface area (TPSA) is 0 Å². The SMILES string of the molecule is CC1C(CC2C[C@@H]3C[C@H](C2C)C3(C)C)C[C@@H]2C[C@H]1C2(C)C. The fourth-order valence-electron chi connectivity index (χ4n) is 7.52. The van der Waals surface area contributed by atoms with E-state index >= 15 is 0 Å². The summed E-state index contributed by atoms with van der Waals surface area (Å²) < 4.78 is 0. The zero-order chi connectivity index (χ0) is 15.2. The molecule has 21 heavy (non-hydrogen) atoms. The lowest BCUT2D eigenvalue weighted by Crippen LogP contribution is -2.57. The number of fused-ring (bicyclic) bond motifs is 4. The predicted molar refractivity (Wildman–Crippen MR) is 89.9 cm³/mol. The third-order valence-corrected chi connectivity index (χ3v) is 9.63. The third-order valence-electron chi connectivity index (χ3n) is 9.63. The molecular weight excluding hydrogens is 252 g/mol. The zero-order valence-corrected chi connectivity index (χ0v) is 15.2. The van der Waals surface area contributed by atoms with Gasteiger partial charge in [-0.2, -0.15) is 0 Å². The molecule has 6 rings (SSSR count). The van der Waals surface area contributed by atoms with E-state index in [1.165, 1.54) is 0 Å². The minimum atomic E-state index is 0.665. The van der Waals surface area contributed by atoms with Gasteiger partial charge in [-0.05, 0) is 90.3 Å². The second-order valence-electron chi connectivity index (χ2n) is 10.7. The molecule has 6 saturated carbocycles. The smallest absolute Gasteiger partial charge is 0.0295 e. The Kier molecular flexibility index (Phi) is 2.98. The summed E-state index contributed by atoms with van der Waals surface area (Å²) in [5.74, 6) is 8.25. The predicted octanol–water partition coefficient (Wildman–Crippen LogP) is 6.01. The number of rotatable bonds is 2. The Morgan fingerprint density at radius 3 is 1.33 bits per heavy atom. The Morgan fingerprint density at radius 1 is 0.667 bits per heavy atom. The monoisotopic (exact) mass is 288 g/mol. The highest BCUT2D eigenvalue weighted by Crippen LogP contribution is 2.67. The summed E-state index contributed by atoms with van der Waals surface area (Å²) in [5, 5.41) is 0. The maximum Gasteiger partial charge on any atom is -0.0295 e. The Hall–Kier alpha value is 0. The molecular formula is C21H36. The van der Waals surface area contributed by atoms with Crippen LogP contribution in [0, 0.1) is 58.2 Å². The summed E-state index contributed by atoms with van der Waals surface area (Å²) in [4.78, 5) is 0. The van der Waals surface area contributed by atoms with Crippen LogP contribution in [0.4, 0.5) is 0 Å². The molecule has 0 aromatic heterocycles. The van der Waals surface area contributed by atoms with Crippen LogP contribution in [0.2, 0.25) is 0 Å². The molecule has 0 amide bonds. The van der Waals surface area contributed by atoms with Crippen LogP contribution < -0.4 is 0 Å². The molecule has 4 bridgehead atoms. The van der Waals surface area contributed by atoms with E-state index in [2.05, 4.69) is 41.5 Å². The van der Waals surface area contributed by atoms with Gasteiger partial charge in [-0.1, -0.05) is 41.5 Å². The maximum atomic E-state index is 2.59. The van der Waals surface area contributed by atoms with Crippen molar-refractivity contribution < 1.29 is 0 Å². The average molecular weight is 289 g/mol. The molecule has 4 unspecified atom stereocenters. The van der Waals surface area contributed by atoms with Gasteiger partial charge in [0.2, 0.25) is 0 Å². The first-order valence-electron chi connectivity index (χ1n) is 9.73. The fourth-order valence-corrected chi connectivity index (χ4v) is 7.52. The van der Waals surface area contributed by atoms with E-state index in [1.54, 1.807) is 32.1 Å². The van der Waals surface area contributed by atoms with Crippen molar-refractivity contribution in [2.75, 3.05) is 0 Å². The van der Waals surface area contributed by atoms with Gasteiger partial charge in [0.05, 0.1) is 0 Å². The second kappa shape index (κ2) is 4.30. The zero-order valence-electron chi connectivity index (χ0n) is 15.2. The van der Waals surface area contributed by atoms with Gasteiger partial charge in [-0.3, -0.25) is 0 Å². The molecule has 0 spiro atoms. The first-order valence-corrected chi connectivity index (χ1v) is 9.73. The molecule has 6 aliphatic rings. The summed E-state index contributed by atoms with van der Waals surface area (Å²) in [6, 6.07) is 0. The average Bonchev–Trinajstić information content (AvgIpc) is 2.41. The summed E-state index contributed by atoms with van der Waals surface area (Å²) in [6.07, 6.45) is 7.75. The molecule has 0 aromatic rings. The Balaban J connectivity index is 1.42. The van der Waals surface area contributed by atoms with E-state index in [1.807, 2.05) is 0 Å². The lowest BCUT2D eigenvalue weighted by atomic mass is 9.40. The van der Waals surface area contributed by atoms with Crippen molar-refractivity contribution in [3.8, 4) is 0 Å². The van der Waals surface area contributed by atoms with Gasteiger partial charge in [0.1, 0.15) is 0 Å². The highest BCUT2D eigenvalue weighted by Gasteiger charge is 2.59. The van der Waals surface area contributed by atoms with Gasteiger partial charge in [0, 0.05) is 0 Å². The lowest BCUT2D eigenvalue weighted by molar-refractivity contribution is -0.157. The van der Waals surface area contributed by atoms with Crippen LogP contribution in [0.1, 0.15) is 73.6 Å². The largest absolute Gasteiger partial charge is 0.0620 e. The Morgan fingerprint density at radius 2 is 1.05 bits per heavy atom. The van der Waals surface area contributed by atoms with Gasteiger partial charge in [-0.25, -0.2) is 0 Å². The van der Waals surface area contributed by atoms with Gasteiger partial charge in [0.15, 0.2) is 0 Å². The minimum absolute atomic E-state index is 0.665. The van der Waals surface area contributed by atoms with Crippen molar-refractivity contribution in [3.05, 3.63) is 0 Å². The van der Waals surface area contributed by atoms with Crippen molar-refractivity contribution in [2.45, 2.75) is 73.6 Å². The van der Waals surface area contributed by atoms with Crippen LogP contribution in [-0.2, 0) is 0 Å². The molecule has 0 nitrogen and oxygen atoms in total. The summed E-state index contributed by atoms with van der Waals surface area (Å²) >= 11 is 0. The molecule has 0 saturated heterocycles. The van der Waals surface area contributed by atoms with Gasteiger partial charge in [-0.15, -0.1) is 0 Å². The summed E-state index contributed by atoms with van der Waals surface area (Å²) in [5.41, 5.74) is 1.33. The Bertz CT molecular complexity index is 391. The van der Waals surface area contributed by atoms with Gasteiger partial charge < -0.3 is 0 Å². The highest BCUT2D eigenvalue weighted by atomic mass is 14.6. The normalized spacial score (nSPS) is 56.3. The van der Waals surface area contributed by atoms with E-state index in [0.29, 0.717) is 10.8 Å². The molecule has 120 valence electrons. The highest BCUT2D eigenvalue weighted by molar-refractivity contribution is 5.08. The standard InChI is InChI=1S/C21H36/c1-12-14(8-16-10-18(12)20(16,3)4)7-15-9-17-11-19(13(15)2)21(17,5)6/h12-19H,7-11H2,1-6H3/t12?,13?,14?,15?,16-,17-,18-,19-/m1/s1. The van der Waals surface area contributed by atoms with Crippen LogP contribution in [0.3, 0.4) is 0 Å². The van der Waals surface area contributed by atoms with Crippen molar-refractivity contribution >= 4 is 0 Å². The van der Waals surface area contributed by atoms with E-state index in [9.17, 15) is 0 Å². The Labute approximate surface area is 132 Å². The molecule has 0 aliphatic heterocycles. The molecule has 6 aliphatic carbocycles. The van der Waals surface area contributed by atoms with Crippen molar-refractivity contribution in [2.24, 2.45) is 58.2 Å². The summed E-state index contributed by atoms with van der Waals surface area (Å²) in [6.45, 7) is 15.3. The minimum Gasteiger partial charge on any atom is -0.0620 e. The fraction of sp³-hybridized carbons (Fsp3) is 1.00. The van der Waals surface area contributed by atoms with E-state index in [4.69, 9.17) is 0 Å². The van der Waals surface area contributed by atoms with E-state index < -0.39 is 0 Å². The second-order valence-corrected chi connectivity index (χ2v) is 10.7. The molecule has 0 heterocycles. The summed E-state index contributed by atoms with van der Waals surface area (Å²) in [7, 11) is 0. The van der Waals surface area contributed by atoms with Crippen molar-refractivity contribution in [1.29, 1.82) is 0 Å². The van der Waals surface area contributed by atoms with Crippen molar-refractivity contribution in [1.82, 2.24) is 0 Å². The van der Waals surface area contributed by atoms with E-state index in [0.717, 1.165) is 47.3 Å². The molecule has 0 N–H and O–H groups in total. The number of hydrogen-bond donors (Lipinski definition) is 0. The third kappa shape index (κ3) is 1.80. The van der Waals surface area contributed by atoms with Crippen LogP contribution in [0.15, 0.2) is 0 Å². The van der Waals surface area contributed by atoms with E-state index in [-0.39, 0.29) is 0 Å². The quantitative estimate of drug-likeness (QED) is 0.583. The first kappa shape index (κ1) is 14.6. The van der Waals surface area contributed by atoms with Crippen LogP contribution in [0.5, 0.6) is 0 Å². The number of hydrogen-bond acceptors (Lipinski definition) is 0. The lowest BCUT2D eigenvalue weighted by Gasteiger charge is -2.65. The molecule has 0 radical (unpaired) electrons. The van der Waals surface area contributed by atoms with Crippen LogP contribution in [-0.4, -0.2) is 0 Å². The molecule has 6 fully saturated rings. The van der Waals surface area contributed by atoms with Crippen molar-refractivity contribution in [3.63, 3.8) is 0 Å². The van der Waals surface area contributed by atoms with Crippen LogP contribution in [0.25, 0.3) is 0 Å². The van der Waals surface area contributed by atoms with Crippen LogP contribution >= 0.6 is 0 Å². The molecule has 8 atom stereocenters.